The second-order valence-corrected chi connectivity index (χ2v) is 4.20. The van der Waals surface area contributed by atoms with Crippen molar-refractivity contribution in [2.75, 3.05) is 0 Å². The van der Waals surface area contributed by atoms with Gasteiger partial charge in [0.2, 0.25) is 0 Å². The summed E-state index contributed by atoms with van der Waals surface area (Å²) >= 11 is 0. The van der Waals surface area contributed by atoms with E-state index in [2.05, 4.69) is 18.2 Å². The highest BCUT2D eigenvalue weighted by molar-refractivity contribution is 5.83. The topological polar surface area (TPSA) is 71.4 Å². The van der Waals surface area contributed by atoms with Crippen molar-refractivity contribution in [2.24, 2.45) is 0 Å². The van der Waals surface area contributed by atoms with E-state index in [0.717, 1.165) is 0 Å². The molecule has 3 heteroatoms. The lowest BCUT2D eigenvalue weighted by Crippen LogP contribution is -2.02. The SMILES string of the molecule is C/C=C/c1c(C#N)c(/C=C/C)c(C#N)c(/C=C/C)c1C#N. The minimum absolute atomic E-state index is 0.354. The third-order valence-corrected chi connectivity index (χ3v) is 2.95. The predicted molar refractivity (Wildman–Crippen MR) is 84.7 cm³/mol. The van der Waals surface area contributed by atoms with Crippen LogP contribution in [-0.4, -0.2) is 0 Å². The van der Waals surface area contributed by atoms with Crippen LogP contribution in [0, 0.1) is 34.0 Å². The van der Waals surface area contributed by atoms with Gasteiger partial charge in [-0.05, 0) is 20.8 Å². The van der Waals surface area contributed by atoms with Crippen LogP contribution in [0.3, 0.4) is 0 Å². The molecule has 0 unspecified atom stereocenters. The Morgan fingerprint density at radius 1 is 0.571 bits per heavy atom. The van der Waals surface area contributed by atoms with Crippen molar-refractivity contribution in [1.82, 2.24) is 0 Å². The summed E-state index contributed by atoms with van der Waals surface area (Å²) in [7, 11) is 0. The van der Waals surface area contributed by atoms with Crippen LogP contribution >= 0.6 is 0 Å². The van der Waals surface area contributed by atoms with E-state index in [1.54, 1.807) is 36.5 Å². The molecule has 0 radical (unpaired) electrons. The summed E-state index contributed by atoms with van der Waals surface area (Å²) in [4.78, 5) is 0. The Morgan fingerprint density at radius 2 is 0.810 bits per heavy atom. The molecule has 102 valence electrons. The van der Waals surface area contributed by atoms with Crippen LogP contribution < -0.4 is 0 Å². The first-order valence-electron chi connectivity index (χ1n) is 6.52. The van der Waals surface area contributed by atoms with E-state index in [9.17, 15) is 15.8 Å². The lowest BCUT2D eigenvalue weighted by Gasteiger charge is -2.12. The van der Waals surface area contributed by atoms with Gasteiger partial charge in [-0.15, -0.1) is 0 Å². The highest BCUT2D eigenvalue weighted by Crippen LogP contribution is 2.30. The van der Waals surface area contributed by atoms with Gasteiger partial charge in [-0.2, -0.15) is 15.8 Å². The lowest BCUT2D eigenvalue weighted by molar-refractivity contribution is 1.37. The molecular formula is C18H15N3. The first-order chi connectivity index (χ1) is 10.2. The average molecular weight is 273 g/mol. The molecule has 1 aromatic carbocycles. The molecule has 0 saturated carbocycles. The molecular weight excluding hydrogens is 258 g/mol. The van der Waals surface area contributed by atoms with E-state index >= 15 is 0 Å². The van der Waals surface area contributed by atoms with Gasteiger partial charge in [-0.25, -0.2) is 0 Å². The van der Waals surface area contributed by atoms with Crippen LogP contribution in [0.25, 0.3) is 18.2 Å². The van der Waals surface area contributed by atoms with Crippen molar-refractivity contribution in [3.8, 4) is 18.2 Å². The highest BCUT2D eigenvalue weighted by Gasteiger charge is 2.19. The van der Waals surface area contributed by atoms with Crippen LogP contribution in [0.4, 0.5) is 0 Å². The molecule has 0 spiro atoms. The van der Waals surface area contributed by atoms with Gasteiger partial charge < -0.3 is 0 Å². The van der Waals surface area contributed by atoms with Crippen molar-refractivity contribution in [3.05, 3.63) is 51.6 Å². The van der Waals surface area contributed by atoms with E-state index in [1.165, 1.54) is 0 Å². The normalized spacial score (nSPS) is 10.9. The summed E-state index contributed by atoms with van der Waals surface area (Å²) < 4.78 is 0. The summed E-state index contributed by atoms with van der Waals surface area (Å²) in [5.41, 5.74) is 2.74. The predicted octanol–water partition coefficient (Wildman–Crippen LogP) is 4.40. The first kappa shape index (κ1) is 16.0. The minimum Gasteiger partial charge on any atom is -0.192 e. The fraction of sp³-hybridized carbons (Fsp3) is 0.167. The first-order valence-corrected chi connectivity index (χ1v) is 6.52. The van der Waals surface area contributed by atoms with E-state index in [1.807, 2.05) is 20.8 Å². The largest absolute Gasteiger partial charge is 0.192 e. The Morgan fingerprint density at radius 3 is 0.952 bits per heavy atom. The zero-order valence-corrected chi connectivity index (χ0v) is 12.3. The summed E-state index contributed by atoms with van der Waals surface area (Å²) in [5, 5.41) is 28.4. The Labute approximate surface area is 125 Å². The summed E-state index contributed by atoms with van der Waals surface area (Å²) in [6, 6.07) is 6.37. The number of hydrogen-bond donors (Lipinski definition) is 0. The van der Waals surface area contributed by atoms with Crippen molar-refractivity contribution in [2.45, 2.75) is 20.8 Å². The molecule has 0 saturated heterocycles. The van der Waals surface area contributed by atoms with Crippen molar-refractivity contribution >= 4 is 18.2 Å². The zero-order valence-electron chi connectivity index (χ0n) is 12.3. The van der Waals surface area contributed by atoms with E-state index < -0.39 is 0 Å². The number of benzene rings is 1. The molecule has 0 aliphatic heterocycles. The second kappa shape index (κ2) is 7.49. The molecule has 0 atom stereocenters. The van der Waals surface area contributed by atoms with Gasteiger partial charge >= 0.3 is 0 Å². The molecule has 0 amide bonds. The van der Waals surface area contributed by atoms with Gasteiger partial charge in [0.05, 0.1) is 16.7 Å². The number of nitrogens with zero attached hydrogens (tertiary/aromatic N) is 3. The molecule has 21 heavy (non-hydrogen) atoms. The van der Waals surface area contributed by atoms with Crippen molar-refractivity contribution in [3.63, 3.8) is 0 Å². The number of hydrogen-bond acceptors (Lipinski definition) is 3. The molecule has 0 aliphatic rings. The van der Waals surface area contributed by atoms with E-state index in [-0.39, 0.29) is 0 Å². The fourth-order valence-electron chi connectivity index (χ4n) is 2.17. The maximum atomic E-state index is 9.46. The maximum absolute atomic E-state index is 9.46. The van der Waals surface area contributed by atoms with Crippen LogP contribution in [-0.2, 0) is 0 Å². The van der Waals surface area contributed by atoms with Crippen molar-refractivity contribution < 1.29 is 0 Å². The van der Waals surface area contributed by atoms with Crippen molar-refractivity contribution in [1.29, 1.82) is 15.8 Å². The molecule has 0 aliphatic carbocycles. The van der Waals surface area contributed by atoms with Gasteiger partial charge in [-0.1, -0.05) is 36.5 Å². The fourth-order valence-corrected chi connectivity index (χ4v) is 2.17. The zero-order chi connectivity index (χ0) is 15.8. The average Bonchev–Trinajstić information content (AvgIpc) is 2.49. The Balaban J connectivity index is 4.14. The molecule has 3 nitrogen and oxygen atoms in total. The monoisotopic (exact) mass is 273 g/mol. The number of allylic oxidation sites excluding steroid dienone is 3. The van der Waals surface area contributed by atoms with Gasteiger partial charge in [0.15, 0.2) is 0 Å². The van der Waals surface area contributed by atoms with Gasteiger partial charge in [0.1, 0.15) is 18.2 Å². The smallest absolute Gasteiger partial charge is 0.100 e. The number of nitriles is 3. The molecule has 0 bridgehead atoms. The third kappa shape index (κ3) is 2.92. The quantitative estimate of drug-likeness (QED) is 0.819. The Hall–Kier alpha value is -3.09. The second-order valence-electron chi connectivity index (χ2n) is 4.20. The van der Waals surface area contributed by atoms with Gasteiger partial charge in [0, 0.05) is 16.7 Å². The van der Waals surface area contributed by atoms with Gasteiger partial charge in [0.25, 0.3) is 0 Å². The van der Waals surface area contributed by atoms with Crippen LogP contribution in [0.5, 0.6) is 0 Å². The van der Waals surface area contributed by atoms with E-state index in [0.29, 0.717) is 33.4 Å². The standard InChI is InChI=1S/C18H15N3/c1-4-7-13-16(10-19)14(8-5-2)18(12-21)15(9-6-3)17(13)11-20/h4-9H,1-3H3/b7-4+,8-5+,9-6+. The number of rotatable bonds is 3. The van der Waals surface area contributed by atoms with Gasteiger partial charge in [-0.3, -0.25) is 0 Å². The summed E-state index contributed by atoms with van der Waals surface area (Å²) in [5.74, 6) is 0. The molecule has 1 aromatic rings. The molecule has 0 N–H and O–H groups in total. The van der Waals surface area contributed by atoms with E-state index in [4.69, 9.17) is 0 Å². The maximum Gasteiger partial charge on any atom is 0.100 e. The molecule has 0 fully saturated rings. The lowest BCUT2D eigenvalue weighted by atomic mass is 9.87. The third-order valence-electron chi connectivity index (χ3n) is 2.95. The summed E-state index contributed by atoms with van der Waals surface area (Å²) in [6.07, 6.45) is 10.5. The highest BCUT2D eigenvalue weighted by atomic mass is 14.3. The summed E-state index contributed by atoms with van der Waals surface area (Å²) in [6.45, 7) is 5.47. The van der Waals surface area contributed by atoms with Crippen LogP contribution in [0.15, 0.2) is 18.2 Å². The Kier molecular flexibility index (Phi) is 5.69. The van der Waals surface area contributed by atoms with Crippen LogP contribution in [0.1, 0.15) is 54.2 Å². The van der Waals surface area contributed by atoms with Crippen LogP contribution in [0.2, 0.25) is 0 Å². The Bertz CT molecular complexity index is 632. The molecule has 0 heterocycles. The molecule has 0 aromatic heterocycles. The minimum atomic E-state index is 0.354. The molecule has 1 rings (SSSR count).